The third-order valence-electron chi connectivity index (χ3n) is 7.08. The topological polar surface area (TPSA) is 101 Å². The number of thioether (sulfide) groups is 1. The van der Waals surface area contributed by atoms with E-state index in [1.54, 1.807) is 18.9 Å². The quantitative estimate of drug-likeness (QED) is 0.230. The number of rotatable bonds is 12. The SMILES string of the molecule is COc1ccc(CCOCC(CN2CCC(N(C)C3=Nc4ccccc4CS3)CC2)OC(=O)/C=C/C(=O)O)cc1. The molecule has 214 valence electrons. The van der Waals surface area contributed by atoms with E-state index in [1.807, 2.05) is 30.3 Å². The minimum atomic E-state index is -1.19. The molecule has 0 radical (unpaired) electrons. The molecule has 2 aromatic rings. The summed E-state index contributed by atoms with van der Waals surface area (Å²) < 4.78 is 16.7. The zero-order chi connectivity index (χ0) is 28.3. The van der Waals surface area contributed by atoms with Gasteiger partial charge in [-0.15, -0.1) is 0 Å². The molecule has 0 spiro atoms. The zero-order valence-electron chi connectivity index (χ0n) is 23.0. The molecule has 0 amide bonds. The van der Waals surface area contributed by atoms with Crippen molar-refractivity contribution in [1.29, 1.82) is 0 Å². The fourth-order valence-corrected chi connectivity index (χ4v) is 5.84. The molecule has 0 aliphatic carbocycles. The lowest BCUT2D eigenvalue weighted by Crippen LogP contribution is -2.48. The zero-order valence-corrected chi connectivity index (χ0v) is 23.8. The number of para-hydroxylation sites is 1. The molecule has 2 aliphatic rings. The third-order valence-corrected chi connectivity index (χ3v) is 8.17. The second-order valence-corrected chi connectivity index (χ2v) is 10.8. The lowest BCUT2D eigenvalue weighted by Gasteiger charge is -2.39. The van der Waals surface area contributed by atoms with Gasteiger partial charge >= 0.3 is 11.9 Å². The second kappa shape index (κ2) is 14.9. The Bertz CT molecular complexity index is 1190. The summed E-state index contributed by atoms with van der Waals surface area (Å²) in [5, 5.41) is 9.89. The number of methoxy groups -OCH3 is 1. The lowest BCUT2D eigenvalue weighted by atomic mass is 10.0. The highest BCUT2D eigenvalue weighted by Crippen LogP contribution is 2.33. The van der Waals surface area contributed by atoms with Crippen molar-refractivity contribution in [2.75, 3.05) is 47.0 Å². The molecule has 40 heavy (non-hydrogen) atoms. The second-order valence-electron chi connectivity index (χ2n) is 9.86. The van der Waals surface area contributed by atoms with Crippen molar-refractivity contribution >= 4 is 34.6 Å². The molecular weight excluding hydrogens is 530 g/mol. The number of fused-ring (bicyclic) bond motifs is 1. The summed E-state index contributed by atoms with van der Waals surface area (Å²) in [4.78, 5) is 32.5. The van der Waals surface area contributed by atoms with Gasteiger partial charge in [0.05, 0.1) is 26.0 Å². The molecule has 10 heteroatoms. The van der Waals surface area contributed by atoms with E-state index in [0.717, 1.165) is 66.0 Å². The van der Waals surface area contributed by atoms with Gasteiger partial charge in [0.15, 0.2) is 5.17 Å². The fourth-order valence-electron chi connectivity index (χ4n) is 4.80. The molecule has 9 nitrogen and oxygen atoms in total. The number of hydrogen-bond donors (Lipinski definition) is 1. The summed E-state index contributed by atoms with van der Waals surface area (Å²) in [6.45, 7) is 2.94. The van der Waals surface area contributed by atoms with E-state index in [1.165, 1.54) is 5.56 Å². The molecule has 2 aromatic carbocycles. The number of hydrogen-bond acceptors (Lipinski definition) is 9. The molecule has 0 saturated carbocycles. The van der Waals surface area contributed by atoms with E-state index < -0.39 is 18.0 Å². The maximum Gasteiger partial charge on any atom is 0.331 e. The van der Waals surface area contributed by atoms with E-state index in [-0.39, 0.29) is 6.61 Å². The Balaban J connectivity index is 1.27. The normalized spacial score (nSPS) is 16.7. The first-order valence-electron chi connectivity index (χ1n) is 13.5. The highest BCUT2D eigenvalue weighted by Gasteiger charge is 2.28. The maximum absolute atomic E-state index is 12.2. The number of aliphatic carboxylic acids is 1. The van der Waals surface area contributed by atoms with Crippen LogP contribution in [-0.4, -0.2) is 91.2 Å². The molecule has 1 fully saturated rings. The first kappa shape index (κ1) is 29.6. The number of carboxylic acid groups (broad SMARTS) is 1. The average Bonchev–Trinajstić information content (AvgIpc) is 2.98. The number of benzene rings is 2. The standard InChI is InChI=1S/C30H37N3O6S/c1-32(30-31-27-6-4-3-5-23(27)21-40-30)24-13-16-33(17-14-24)19-26(39-29(36)12-11-28(34)35)20-38-18-15-22-7-9-25(37-2)10-8-22/h3-12,24,26H,13-21H2,1-2H3,(H,34,35)/b12-11+. The molecule has 1 N–H and O–H groups in total. The summed E-state index contributed by atoms with van der Waals surface area (Å²) in [6.07, 6.45) is 3.87. The number of aliphatic imine (C=N–C) groups is 1. The van der Waals surface area contributed by atoms with Gasteiger partial charge in [0, 0.05) is 50.6 Å². The minimum Gasteiger partial charge on any atom is -0.497 e. The van der Waals surface area contributed by atoms with E-state index in [4.69, 9.17) is 24.3 Å². The van der Waals surface area contributed by atoms with Crippen LogP contribution in [0.5, 0.6) is 5.75 Å². The van der Waals surface area contributed by atoms with Crippen LogP contribution in [0.25, 0.3) is 0 Å². The van der Waals surface area contributed by atoms with Gasteiger partial charge in [-0.1, -0.05) is 42.1 Å². The number of ether oxygens (including phenoxy) is 3. The van der Waals surface area contributed by atoms with Crippen molar-refractivity contribution in [1.82, 2.24) is 9.80 Å². The monoisotopic (exact) mass is 567 g/mol. The van der Waals surface area contributed by atoms with Crippen molar-refractivity contribution < 1.29 is 28.9 Å². The van der Waals surface area contributed by atoms with Crippen LogP contribution in [0.4, 0.5) is 5.69 Å². The number of carboxylic acids is 1. The lowest BCUT2D eigenvalue weighted by molar-refractivity contribution is -0.148. The predicted molar refractivity (Wildman–Crippen MR) is 156 cm³/mol. The smallest absolute Gasteiger partial charge is 0.331 e. The number of amidine groups is 1. The number of carbonyl (C=O) groups excluding carboxylic acids is 1. The van der Waals surface area contributed by atoms with E-state index >= 15 is 0 Å². The fraction of sp³-hybridized carbons (Fsp3) is 0.433. The molecular formula is C30H37N3O6S. The van der Waals surface area contributed by atoms with Crippen LogP contribution in [0, 0.1) is 0 Å². The van der Waals surface area contributed by atoms with Gasteiger partial charge in [0.2, 0.25) is 0 Å². The van der Waals surface area contributed by atoms with Gasteiger partial charge < -0.3 is 24.2 Å². The van der Waals surface area contributed by atoms with Gasteiger partial charge in [-0.25, -0.2) is 14.6 Å². The molecule has 1 unspecified atom stereocenters. The number of piperidine rings is 1. The van der Waals surface area contributed by atoms with Crippen molar-refractivity contribution in [3.8, 4) is 5.75 Å². The molecule has 1 saturated heterocycles. The number of carbonyl (C=O) groups is 2. The van der Waals surface area contributed by atoms with Gasteiger partial charge in [0.1, 0.15) is 11.9 Å². The molecule has 2 heterocycles. The maximum atomic E-state index is 12.2. The van der Waals surface area contributed by atoms with Crippen LogP contribution >= 0.6 is 11.8 Å². The average molecular weight is 568 g/mol. The Morgan fingerprint density at radius 1 is 1.15 bits per heavy atom. The molecule has 1 atom stereocenters. The Labute approximate surface area is 239 Å². The van der Waals surface area contributed by atoms with Crippen molar-refractivity contribution in [2.45, 2.75) is 37.2 Å². The number of nitrogens with zero attached hydrogens (tertiary/aromatic N) is 3. The van der Waals surface area contributed by atoms with Gasteiger partial charge in [-0.3, -0.25) is 4.90 Å². The van der Waals surface area contributed by atoms with Gasteiger partial charge in [-0.05, 0) is 48.6 Å². The minimum absolute atomic E-state index is 0.232. The third kappa shape index (κ3) is 8.84. The van der Waals surface area contributed by atoms with E-state index in [0.29, 0.717) is 25.6 Å². The van der Waals surface area contributed by atoms with Crippen LogP contribution in [0.3, 0.4) is 0 Å². The highest BCUT2D eigenvalue weighted by atomic mass is 32.2. The highest BCUT2D eigenvalue weighted by molar-refractivity contribution is 8.13. The van der Waals surface area contributed by atoms with Crippen LogP contribution in [0.1, 0.15) is 24.0 Å². The van der Waals surface area contributed by atoms with Gasteiger partial charge in [-0.2, -0.15) is 0 Å². The molecule has 2 aliphatic heterocycles. The number of esters is 1. The Kier molecular flexibility index (Phi) is 11.0. The van der Waals surface area contributed by atoms with Crippen LogP contribution in [0.2, 0.25) is 0 Å². The van der Waals surface area contributed by atoms with Crippen molar-refractivity contribution in [2.24, 2.45) is 4.99 Å². The summed E-state index contributed by atoms with van der Waals surface area (Å²) in [7, 11) is 3.76. The summed E-state index contributed by atoms with van der Waals surface area (Å²) in [5.74, 6) is -0.148. The number of likely N-dealkylation sites (tertiary alicyclic amines) is 1. The van der Waals surface area contributed by atoms with Crippen molar-refractivity contribution in [3.05, 3.63) is 71.8 Å². The molecule has 4 rings (SSSR count). The van der Waals surface area contributed by atoms with E-state index in [2.05, 4.69) is 35.0 Å². The van der Waals surface area contributed by atoms with E-state index in [9.17, 15) is 9.59 Å². The van der Waals surface area contributed by atoms with Gasteiger partial charge in [0.25, 0.3) is 0 Å². The van der Waals surface area contributed by atoms with Crippen LogP contribution in [0.15, 0.2) is 65.7 Å². The summed E-state index contributed by atoms with van der Waals surface area (Å²) in [5.41, 5.74) is 3.44. The summed E-state index contributed by atoms with van der Waals surface area (Å²) in [6, 6.07) is 16.5. The predicted octanol–water partition coefficient (Wildman–Crippen LogP) is 4.14. The Morgan fingerprint density at radius 2 is 1.90 bits per heavy atom. The van der Waals surface area contributed by atoms with Crippen LogP contribution in [-0.2, 0) is 31.2 Å². The molecule has 0 aromatic heterocycles. The first-order valence-corrected chi connectivity index (χ1v) is 14.5. The molecule has 0 bridgehead atoms. The Hall–Kier alpha value is -3.34. The van der Waals surface area contributed by atoms with Crippen molar-refractivity contribution in [3.63, 3.8) is 0 Å². The van der Waals surface area contributed by atoms with Crippen LogP contribution < -0.4 is 4.74 Å². The largest absolute Gasteiger partial charge is 0.497 e. The summed E-state index contributed by atoms with van der Waals surface area (Å²) >= 11 is 1.78. The first-order chi connectivity index (χ1) is 19.4. The Morgan fingerprint density at radius 3 is 2.62 bits per heavy atom.